The number of halogens is 3. The molecule has 0 saturated carbocycles. The number of anilines is 1. The van der Waals surface area contributed by atoms with Gasteiger partial charge in [0.05, 0.1) is 28.8 Å². The highest BCUT2D eigenvalue weighted by atomic mass is 19.4. The maximum absolute atomic E-state index is 12.6. The Balaban J connectivity index is 2.28. The van der Waals surface area contributed by atoms with E-state index in [1.807, 2.05) is 0 Å². The summed E-state index contributed by atoms with van der Waals surface area (Å²) in [6, 6.07) is 4.48. The summed E-state index contributed by atoms with van der Waals surface area (Å²) in [5, 5.41) is 23.7. The van der Waals surface area contributed by atoms with Crippen LogP contribution in [0.25, 0.3) is 0 Å². The zero-order valence-electron chi connectivity index (χ0n) is 10.8. The number of hydrogen-bond acceptors (Lipinski definition) is 4. The molecule has 8 heteroatoms. The summed E-state index contributed by atoms with van der Waals surface area (Å²) in [5.74, 6) is -1.02. The molecule has 1 aromatic carbocycles. The number of rotatable bonds is 4. The summed E-state index contributed by atoms with van der Waals surface area (Å²) in [7, 11) is 0. The molecule has 5 nitrogen and oxygen atoms in total. The van der Waals surface area contributed by atoms with Gasteiger partial charge < -0.3 is 15.7 Å². The maximum Gasteiger partial charge on any atom is 0.416 e. The van der Waals surface area contributed by atoms with Gasteiger partial charge >= 0.3 is 12.1 Å². The van der Waals surface area contributed by atoms with Gasteiger partial charge in [0.25, 0.3) is 0 Å². The average molecular weight is 299 g/mol. The molecule has 0 atom stereocenters. The van der Waals surface area contributed by atoms with Crippen molar-refractivity contribution >= 4 is 11.7 Å². The first kappa shape index (κ1) is 15.1. The highest BCUT2D eigenvalue weighted by molar-refractivity contribution is 5.71. The molecule has 1 aliphatic heterocycles. The van der Waals surface area contributed by atoms with Crippen molar-refractivity contribution < 1.29 is 23.1 Å². The van der Waals surface area contributed by atoms with E-state index in [1.54, 1.807) is 6.07 Å². The number of benzene rings is 1. The summed E-state index contributed by atoms with van der Waals surface area (Å²) in [6.07, 6.45) is -4.72. The van der Waals surface area contributed by atoms with Crippen molar-refractivity contribution in [1.82, 2.24) is 5.32 Å². The molecular weight excluding hydrogens is 287 g/mol. The molecule has 1 heterocycles. The van der Waals surface area contributed by atoms with E-state index < -0.39 is 23.2 Å². The molecule has 0 radical (unpaired) electrons. The maximum atomic E-state index is 12.6. The third kappa shape index (κ3) is 3.25. The number of carbonyl (C=O) groups is 1. The molecule has 1 aliphatic rings. The van der Waals surface area contributed by atoms with E-state index in [9.17, 15) is 18.0 Å². The van der Waals surface area contributed by atoms with E-state index in [4.69, 9.17) is 10.4 Å². The molecule has 1 aromatic rings. The quantitative estimate of drug-likeness (QED) is 0.789. The second-order valence-corrected chi connectivity index (χ2v) is 4.95. The molecule has 0 amide bonds. The summed E-state index contributed by atoms with van der Waals surface area (Å²) in [4.78, 5) is 10.9. The first-order valence-corrected chi connectivity index (χ1v) is 6.08. The van der Waals surface area contributed by atoms with Gasteiger partial charge in [0.1, 0.15) is 6.07 Å². The van der Waals surface area contributed by atoms with E-state index in [1.165, 1.54) is 0 Å². The molecular formula is C13H12F3N3O2. The lowest BCUT2D eigenvalue weighted by Crippen LogP contribution is -2.65. The Labute approximate surface area is 118 Å². The zero-order valence-corrected chi connectivity index (χ0v) is 10.8. The number of aliphatic carboxylic acids is 1. The molecule has 2 rings (SSSR count). The Morgan fingerprint density at radius 3 is 2.57 bits per heavy atom. The average Bonchev–Trinajstić information content (AvgIpc) is 2.34. The minimum atomic E-state index is -4.53. The van der Waals surface area contributed by atoms with E-state index in [-0.39, 0.29) is 17.7 Å². The number of nitrogens with zero attached hydrogens (tertiary/aromatic N) is 1. The first-order valence-electron chi connectivity index (χ1n) is 6.08. The van der Waals surface area contributed by atoms with E-state index in [0.717, 1.165) is 18.2 Å². The van der Waals surface area contributed by atoms with Crippen LogP contribution in [0, 0.1) is 11.3 Å². The van der Waals surface area contributed by atoms with Crippen molar-refractivity contribution in [3.05, 3.63) is 29.3 Å². The van der Waals surface area contributed by atoms with Gasteiger partial charge in [-0.05, 0) is 18.2 Å². The van der Waals surface area contributed by atoms with E-state index in [0.29, 0.717) is 13.1 Å². The fourth-order valence-electron chi connectivity index (χ4n) is 2.18. The standard InChI is InChI=1S/C13H12F3N3O2/c14-13(15,16)9-1-2-10(8(3-9)5-17)19-12(4-11(20)21)6-18-7-12/h1-3,18-19H,4,6-7H2,(H,20,21). The third-order valence-electron chi connectivity index (χ3n) is 3.28. The van der Waals surface area contributed by atoms with Crippen LogP contribution in [0.4, 0.5) is 18.9 Å². The van der Waals surface area contributed by atoms with Crippen molar-refractivity contribution in [3.63, 3.8) is 0 Å². The van der Waals surface area contributed by atoms with Gasteiger partial charge in [0.15, 0.2) is 0 Å². The van der Waals surface area contributed by atoms with Crippen LogP contribution in [0.3, 0.4) is 0 Å². The summed E-state index contributed by atoms with van der Waals surface area (Å²) < 4.78 is 37.8. The molecule has 0 aromatic heterocycles. The van der Waals surface area contributed by atoms with Crippen LogP contribution in [0.1, 0.15) is 17.5 Å². The van der Waals surface area contributed by atoms with E-state index >= 15 is 0 Å². The lowest BCUT2D eigenvalue weighted by atomic mass is 9.87. The summed E-state index contributed by atoms with van der Waals surface area (Å²) >= 11 is 0. The Morgan fingerprint density at radius 1 is 1.48 bits per heavy atom. The molecule has 0 unspecified atom stereocenters. The molecule has 1 fully saturated rings. The van der Waals surface area contributed by atoms with Crippen molar-refractivity contribution in [2.24, 2.45) is 0 Å². The van der Waals surface area contributed by atoms with Crippen molar-refractivity contribution in [2.45, 2.75) is 18.1 Å². The van der Waals surface area contributed by atoms with Crippen molar-refractivity contribution in [2.75, 3.05) is 18.4 Å². The predicted octanol–water partition coefficient (Wildman–Crippen LogP) is 1.81. The fraction of sp³-hybridized carbons (Fsp3) is 0.385. The van der Waals surface area contributed by atoms with Gasteiger partial charge in [-0.15, -0.1) is 0 Å². The van der Waals surface area contributed by atoms with Crippen molar-refractivity contribution in [1.29, 1.82) is 5.26 Å². The van der Waals surface area contributed by atoms with Gasteiger partial charge in [-0.1, -0.05) is 0 Å². The summed E-state index contributed by atoms with van der Waals surface area (Å²) in [6.45, 7) is 0.733. The topological polar surface area (TPSA) is 85.2 Å². The number of nitriles is 1. The predicted molar refractivity (Wildman–Crippen MR) is 67.6 cm³/mol. The highest BCUT2D eigenvalue weighted by Crippen LogP contribution is 2.33. The minimum absolute atomic E-state index is 0.165. The highest BCUT2D eigenvalue weighted by Gasteiger charge is 2.40. The second kappa shape index (κ2) is 5.26. The summed E-state index contributed by atoms with van der Waals surface area (Å²) in [5.41, 5.74) is -1.66. The Hall–Kier alpha value is -2.27. The molecule has 21 heavy (non-hydrogen) atoms. The number of alkyl halides is 3. The fourth-order valence-corrected chi connectivity index (χ4v) is 2.18. The van der Waals surface area contributed by atoms with Crippen LogP contribution in [0.15, 0.2) is 18.2 Å². The van der Waals surface area contributed by atoms with E-state index in [2.05, 4.69) is 10.6 Å². The Kier molecular flexibility index (Phi) is 3.78. The molecule has 0 bridgehead atoms. The minimum Gasteiger partial charge on any atom is -0.481 e. The first-order chi connectivity index (χ1) is 9.76. The normalized spacial score (nSPS) is 16.7. The zero-order chi connectivity index (χ0) is 15.7. The molecule has 0 spiro atoms. The van der Waals surface area contributed by atoms with Gasteiger partial charge in [0, 0.05) is 13.1 Å². The van der Waals surface area contributed by atoms with Crippen LogP contribution in [0.5, 0.6) is 0 Å². The van der Waals surface area contributed by atoms with Crippen LogP contribution in [0.2, 0.25) is 0 Å². The van der Waals surface area contributed by atoms with Crippen LogP contribution in [-0.4, -0.2) is 29.7 Å². The van der Waals surface area contributed by atoms with Crippen LogP contribution < -0.4 is 10.6 Å². The Morgan fingerprint density at radius 2 is 2.14 bits per heavy atom. The van der Waals surface area contributed by atoms with Gasteiger partial charge in [0.2, 0.25) is 0 Å². The SMILES string of the molecule is N#Cc1cc(C(F)(F)F)ccc1NC1(CC(=O)O)CNC1. The molecule has 1 saturated heterocycles. The Bertz CT molecular complexity index is 604. The van der Waals surface area contributed by atoms with Crippen LogP contribution >= 0.6 is 0 Å². The molecule has 3 N–H and O–H groups in total. The van der Waals surface area contributed by atoms with Crippen molar-refractivity contribution in [3.8, 4) is 6.07 Å². The van der Waals surface area contributed by atoms with Gasteiger partial charge in [-0.3, -0.25) is 4.79 Å². The largest absolute Gasteiger partial charge is 0.481 e. The third-order valence-corrected chi connectivity index (χ3v) is 3.28. The smallest absolute Gasteiger partial charge is 0.416 e. The lowest BCUT2D eigenvalue weighted by molar-refractivity contribution is -0.139. The van der Waals surface area contributed by atoms with Gasteiger partial charge in [-0.2, -0.15) is 18.4 Å². The number of nitrogens with one attached hydrogen (secondary N) is 2. The van der Waals surface area contributed by atoms with Crippen LogP contribution in [-0.2, 0) is 11.0 Å². The number of carboxylic acid groups (broad SMARTS) is 1. The second-order valence-electron chi connectivity index (χ2n) is 4.95. The molecule has 0 aliphatic carbocycles. The number of hydrogen-bond donors (Lipinski definition) is 3. The monoisotopic (exact) mass is 299 g/mol. The molecule has 112 valence electrons. The number of carboxylic acids is 1. The van der Waals surface area contributed by atoms with Gasteiger partial charge in [-0.25, -0.2) is 0 Å². The lowest BCUT2D eigenvalue weighted by Gasteiger charge is -2.43.